The molecule has 0 N–H and O–H groups in total. The molecule has 2 aromatic heterocycles. The van der Waals surface area contributed by atoms with Gasteiger partial charge >= 0.3 is 0 Å². The second-order valence-electron chi connectivity index (χ2n) is 6.39. The predicted octanol–water partition coefficient (Wildman–Crippen LogP) is 3.36. The standard InChI is InChI=1S/C19H22N4O2S/c1-13-14(2)25-18(20-13)12-26-19-15-5-3-4-6-16(15)21-17(22-19)11-23-7-9-24-10-8-23/h3-6H,7-12H2,1-2H3. The van der Waals surface area contributed by atoms with Gasteiger partial charge in [0, 0.05) is 18.5 Å². The van der Waals surface area contributed by atoms with Gasteiger partial charge in [0.25, 0.3) is 0 Å². The van der Waals surface area contributed by atoms with E-state index < -0.39 is 0 Å². The van der Waals surface area contributed by atoms with Crippen LogP contribution >= 0.6 is 11.8 Å². The van der Waals surface area contributed by atoms with Crippen LogP contribution in [0.3, 0.4) is 0 Å². The number of thioether (sulfide) groups is 1. The maximum absolute atomic E-state index is 5.70. The highest BCUT2D eigenvalue weighted by Crippen LogP contribution is 2.28. The molecule has 1 aliphatic rings. The molecule has 0 unspecified atom stereocenters. The SMILES string of the molecule is Cc1nc(CSc2nc(CN3CCOCC3)nc3ccccc23)oc1C. The van der Waals surface area contributed by atoms with Gasteiger partial charge in [0.05, 0.1) is 36.7 Å². The Labute approximate surface area is 157 Å². The number of ether oxygens (including phenoxy) is 1. The highest BCUT2D eigenvalue weighted by atomic mass is 32.2. The number of hydrogen-bond donors (Lipinski definition) is 0. The smallest absolute Gasteiger partial charge is 0.205 e. The van der Waals surface area contributed by atoms with Crippen molar-refractivity contribution in [1.82, 2.24) is 19.9 Å². The highest BCUT2D eigenvalue weighted by molar-refractivity contribution is 7.98. The summed E-state index contributed by atoms with van der Waals surface area (Å²) in [5.74, 6) is 3.13. The van der Waals surface area contributed by atoms with Crippen LogP contribution in [0.2, 0.25) is 0 Å². The molecule has 26 heavy (non-hydrogen) atoms. The van der Waals surface area contributed by atoms with E-state index >= 15 is 0 Å². The van der Waals surface area contributed by atoms with Crippen molar-refractivity contribution in [2.75, 3.05) is 26.3 Å². The lowest BCUT2D eigenvalue weighted by Crippen LogP contribution is -2.36. The van der Waals surface area contributed by atoms with Gasteiger partial charge < -0.3 is 9.15 Å². The lowest BCUT2D eigenvalue weighted by Gasteiger charge is -2.25. The van der Waals surface area contributed by atoms with Gasteiger partial charge in [0.1, 0.15) is 16.6 Å². The molecule has 1 saturated heterocycles. The first-order chi connectivity index (χ1) is 12.7. The van der Waals surface area contributed by atoms with Crippen molar-refractivity contribution in [1.29, 1.82) is 0 Å². The zero-order valence-corrected chi connectivity index (χ0v) is 15.9. The number of morpholine rings is 1. The Bertz CT molecular complexity index is 886. The molecule has 0 bridgehead atoms. The van der Waals surface area contributed by atoms with Gasteiger partial charge in [-0.1, -0.05) is 30.0 Å². The predicted molar refractivity (Wildman–Crippen MR) is 101 cm³/mol. The Balaban J connectivity index is 1.58. The first-order valence-corrected chi connectivity index (χ1v) is 9.79. The monoisotopic (exact) mass is 370 g/mol. The Hall–Kier alpha value is -1.96. The van der Waals surface area contributed by atoms with Crippen LogP contribution in [0.5, 0.6) is 0 Å². The van der Waals surface area contributed by atoms with Gasteiger partial charge in [0.2, 0.25) is 5.89 Å². The lowest BCUT2D eigenvalue weighted by molar-refractivity contribution is 0.0330. The summed E-state index contributed by atoms with van der Waals surface area (Å²) >= 11 is 1.65. The molecule has 0 radical (unpaired) electrons. The van der Waals surface area contributed by atoms with Gasteiger partial charge in [-0.3, -0.25) is 4.90 Å². The number of rotatable bonds is 5. The summed E-state index contributed by atoms with van der Waals surface area (Å²) in [6.45, 7) is 8.06. The summed E-state index contributed by atoms with van der Waals surface area (Å²) < 4.78 is 11.1. The number of oxazole rings is 1. The van der Waals surface area contributed by atoms with Gasteiger partial charge in [0.15, 0.2) is 0 Å². The number of aryl methyl sites for hydroxylation is 2. The average Bonchev–Trinajstić information content (AvgIpc) is 2.98. The lowest BCUT2D eigenvalue weighted by atomic mass is 10.2. The number of hydrogen-bond acceptors (Lipinski definition) is 7. The van der Waals surface area contributed by atoms with Crippen LogP contribution in [-0.2, 0) is 17.0 Å². The fourth-order valence-electron chi connectivity index (χ4n) is 2.96. The number of fused-ring (bicyclic) bond motifs is 1. The molecule has 4 rings (SSSR count). The van der Waals surface area contributed by atoms with Crippen LogP contribution in [-0.4, -0.2) is 46.2 Å². The maximum atomic E-state index is 5.70. The van der Waals surface area contributed by atoms with E-state index in [4.69, 9.17) is 19.1 Å². The third-order valence-corrected chi connectivity index (χ3v) is 5.46. The van der Waals surface area contributed by atoms with Crippen molar-refractivity contribution in [3.63, 3.8) is 0 Å². The zero-order valence-electron chi connectivity index (χ0n) is 15.1. The van der Waals surface area contributed by atoms with Crippen molar-refractivity contribution in [3.05, 3.63) is 47.4 Å². The average molecular weight is 370 g/mol. The van der Waals surface area contributed by atoms with Crippen LogP contribution in [0.15, 0.2) is 33.7 Å². The molecular formula is C19H22N4O2S. The normalized spacial score (nSPS) is 15.6. The van der Waals surface area contributed by atoms with Crippen molar-refractivity contribution < 1.29 is 9.15 Å². The Morgan fingerprint density at radius 2 is 1.88 bits per heavy atom. The van der Waals surface area contributed by atoms with Gasteiger partial charge in [-0.05, 0) is 19.9 Å². The van der Waals surface area contributed by atoms with Crippen molar-refractivity contribution in [3.8, 4) is 0 Å². The van der Waals surface area contributed by atoms with Gasteiger partial charge in [-0.15, -0.1) is 0 Å². The molecule has 1 aromatic carbocycles. The number of aromatic nitrogens is 3. The Kier molecular flexibility index (Phi) is 5.19. The molecule has 0 amide bonds. The minimum absolute atomic E-state index is 0.659. The van der Waals surface area contributed by atoms with Crippen LogP contribution in [0.1, 0.15) is 23.2 Å². The molecule has 0 saturated carbocycles. The first-order valence-electron chi connectivity index (χ1n) is 8.80. The van der Waals surface area contributed by atoms with Crippen molar-refractivity contribution in [2.24, 2.45) is 0 Å². The second kappa shape index (κ2) is 7.73. The molecule has 1 fully saturated rings. The zero-order chi connectivity index (χ0) is 17.9. The van der Waals surface area contributed by atoms with E-state index in [1.165, 1.54) is 0 Å². The number of benzene rings is 1. The van der Waals surface area contributed by atoms with E-state index in [-0.39, 0.29) is 0 Å². The molecule has 0 aliphatic carbocycles. The number of para-hydroxylation sites is 1. The van der Waals surface area contributed by atoms with E-state index in [1.54, 1.807) is 11.8 Å². The molecule has 6 nitrogen and oxygen atoms in total. The molecule has 0 atom stereocenters. The van der Waals surface area contributed by atoms with Gasteiger partial charge in [-0.25, -0.2) is 15.0 Å². The first kappa shape index (κ1) is 17.5. The summed E-state index contributed by atoms with van der Waals surface area (Å²) in [6, 6.07) is 8.16. The van der Waals surface area contributed by atoms with Crippen LogP contribution in [0.25, 0.3) is 10.9 Å². The summed E-state index contributed by atoms with van der Waals surface area (Å²) in [7, 11) is 0. The second-order valence-corrected chi connectivity index (χ2v) is 7.35. The van der Waals surface area contributed by atoms with E-state index in [0.717, 1.165) is 71.9 Å². The molecular weight excluding hydrogens is 348 g/mol. The molecule has 3 heterocycles. The maximum Gasteiger partial charge on any atom is 0.205 e. The minimum atomic E-state index is 0.659. The minimum Gasteiger partial charge on any atom is -0.445 e. The Morgan fingerprint density at radius 1 is 1.08 bits per heavy atom. The summed E-state index contributed by atoms with van der Waals surface area (Å²) in [6.07, 6.45) is 0. The summed E-state index contributed by atoms with van der Waals surface area (Å²) in [5.41, 5.74) is 1.93. The molecule has 1 aliphatic heterocycles. The van der Waals surface area contributed by atoms with Crippen LogP contribution in [0, 0.1) is 13.8 Å². The Morgan fingerprint density at radius 3 is 2.65 bits per heavy atom. The topological polar surface area (TPSA) is 64.3 Å². The highest BCUT2D eigenvalue weighted by Gasteiger charge is 2.15. The van der Waals surface area contributed by atoms with E-state index in [9.17, 15) is 0 Å². The van der Waals surface area contributed by atoms with Crippen molar-refractivity contribution >= 4 is 22.7 Å². The van der Waals surface area contributed by atoms with Gasteiger partial charge in [-0.2, -0.15) is 0 Å². The fourth-order valence-corrected chi connectivity index (χ4v) is 3.85. The quantitative estimate of drug-likeness (QED) is 0.504. The molecule has 0 spiro atoms. The van der Waals surface area contributed by atoms with E-state index in [2.05, 4.69) is 16.0 Å². The van der Waals surface area contributed by atoms with E-state index in [0.29, 0.717) is 5.75 Å². The third kappa shape index (κ3) is 3.90. The number of nitrogens with zero attached hydrogens (tertiary/aromatic N) is 4. The summed E-state index contributed by atoms with van der Waals surface area (Å²) in [4.78, 5) is 16.4. The molecule has 136 valence electrons. The van der Waals surface area contributed by atoms with Crippen LogP contribution < -0.4 is 0 Å². The molecule has 7 heteroatoms. The fraction of sp³-hybridized carbons (Fsp3) is 0.421. The summed E-state index contributed by atoms with van der Waals surface area (Å²) in [5, 5.41) is 2.05. The van der Waals surface area contributed by atoms with Crippen molar-refractivity contribution in [2.45, 2.75) is 31.2 Å². The van der Waals surface area contributed by atoms with E-state index in [1.807, 2.05) is 32.0 Å². The largest absolute Gasteiger partial charge is 0.445 e. The molecule has 3 aromatic rings. The third-order valence-electron chi connectivity index (χ3n) is 4.49. The van der Waals surface area contributed by atoms with Crippen LogP contribution in [0.4, 0.5) is 0 Å².